The Kier molecular flexibility index (Phi) is 6.00. The van der Waals surface area contributed by atoms with E-state index in [1.54, 1.807) is 29.7 Å². The predicted octanol–water partition coefficient (Wildman–Crippen LogP) is 2.44. The van der Waals surface area contributed by atoms with Crippen molar-refractivity contribution < 1.29 is 14.7 Å². The highest BCUT2D eigenvalue weighted by molar-refractivity contribution is 6.00. The molecule has 0 unspecified atom stereocenters. The van der Waals surface area contributed by atoms with Crippen LogP contribution in [0.5, 0.6) is 0 Å². The zero-order chi connectivity index (χ0) is 25.6. The Hall–Kier alpha value is -4.12. The van der Waals surface area contributed by atoms with Gasteiger partial charge in [-0.05, 0) is 39.7 Å². The van der Waals surface area contributed by atoms with E-state index in [1.165, 1.54) is 18.4 Å². The molecule has 1 aliphatic heterocycles. The largest absolute Gasteiger partial charge is 0.384 e. The molecule has 11 nitrogen and oxygen atoms in total. The number of hydrogen-bond donors (Lipinski definition) is 3. The number of nitrogens with one attached hydrogen (secondary N) is 1. The first kappa shape index (κ1) is 23.6. The van der Waals surface area contributed by atoms with E-state index >= 15 is 0 Å². The molecule has 1 amide bonds. The number of fused-ring (bicyclic) bond motifs is 1. The Labute approximate surface area is 207 Å². The van der Waals surface area contributed by atoms with E-state index in [4.69, 9.17) is 10.7 Å². The van der Waals surface area contributed by atoms with Gasteiger partial charge in [0.1, 0.15) is 17.6 Å². The average Bonchev–Trinajstić information content (AvgIpc) is 3.54. The molecule has 0 radical (unpaired) electrons. The number of hydrogen-bond acceptors (Lipinski definition) is 8. The number of aliphatic hydroxyl groups excluding tert-OH is 1. The third-order valence-electron chi connectivity index (χ3n) is 6.78. The second kappa shape index (κ2) is 9.15. The Bertz CT molecular complexity index is 1430. The number of rotatable bonds is 5. The molecule has 0 aromatic carbocycles. The van der Waals surface area contributed by atoms with Crippen molar-refractivity contribution in [3.05, 3.63) is 48.2 Å². The number of H-pyrrole nitrogens is 1. The number of pyridine rings is 1. The number of aromatic nitrogens is 6. The van der Waals surface area contributed by atoms with Crippen molar-refractivity contribution in [3.63, 3.8) is 0 Å². The van der Waals surface area contributed by atoms with Crippen LogP contribution >= 0.6 is 0 Å². The number of likely N-dealkylation sites (tertiary alicyclic amines) is 1. The molecule has 36 heavy (non-hydrogen) atoms. The minimum absolute atomic E-state index is 0.0774. The summed E-state index contributed by atoms with van der Waals surface area (Å²) in [6.07, 6.45) is 6.96. The molecule has 4 N–H and O–H groups in total. The lowest BCUT2D eigenvalue weighted by atomic mass is 9.85. The number of ketones is 1. The molecule has 5 rings (SSSR count). The van der Waals surface area contributed by atoms with Crippen molar-refractivity contribution >= 4 is 23.2 Å². The molecule has 186 valence electrons. The van der Waals surface area contributed by atoms with Crippen molar-refractivity contribution in [2.24, 2.45) is 0 Å². The van der Waals surface area contributed by atoms with Gasteiger partial charge in [-0.25, -0.2) is 9.97 Å². The van der Waals surface area contributed by atoms with Crippen LogP contribution in [0, 0.1) is 0 Å². The SMILES string of the molecule is CC(=O)c1c([C@@H]2CCN(C(=O)[C@@H](C)O)[C@@H](C)C2)nc2c(-c3ccc(-c4ncc[nH]4)nc3)cnn2c1N. The summed E-state index contributed by atoms with van der Waals surface area (Å²) in [7, 11) is 0. The van der Waals surface area contributed by atoms with E-state index in [0.717, 1.165) is 11.1 Å². The molecular formula is C25H28N8O3. The maximum absolute atomic E-state index is 12.7. The van der Waals surface area contributed by atoms with Gasteiger partial charge in [0.2, 0.25) is 0 Å². The van der Waals surface area contributed by atoms with Crippen LogP contribution in [0.25, 0.3) is 28.3 Å². The molecule has 4 aromatic rings. The maximum atomic E-state index is 12.7. The molecule has 11 heteroatoms. The van der Waals surface area contributed by atoms with E-state index in [1.807, 2.05) is 19.1 Å². The van der Waals surface area contributed by atoms with E-state index in [-0.39, 0.29) is 29.5 Å². The number of aromatic amines is 1. The molecule has 1 fully saturated rings. The summed E-state index contributed by atoms with van der Waals surface area (Å²) in [6.45, 7) is 5.35. The first-order valence-corrected chi connectivity index (χ1v) is 11.9. The van der Waals surface area contributed by atoms with Crippen LogP contribution in [0.15, 0.2) is 36.9 Å². The van der Waals surface area contributed by atoms with Crippen LogP contribution in [0.3, 0.4) is 0 Å². The standard InChI is InChI=1S/C25H28N8O3/c1-13-10-16(6-9-32(13)25(36)15(3)35)21-20(14(2)34)22(26)33-24(31-21)18(12-30-33)17-4-5-19(29-11-17)23-27-7-8-28-23/h4-5,7-8,11-13,15-16,35H,6,9-10,26H2,1-3H3,(H,27,28)/t13-,15+,16+/m0/s1. The lowest BCUT2D eigenvalue weighted by Gasteiger charge is -2.38. The number of amides is 1. The lowest BCUT2D eigenvalue weighted by Crippen LogP contribution is -2.47. The van der Waals surface area contributed by atoms with Crippen LogP contribution in [-0.4, -0.2) is 69.9 Å². The number of carbonyl (C=O) groups excluding carboxylic acids is 2. The van der Waals surface area contributed by atoms with Crippen LogP contribution in [0.2, 0.25) is 0 Å². The van der Waals surface area contributed by atoms with Gasteiger partial charge in [0.25, 0.3) is 5.91 Å². The van der Waals surface area contributed by atoms with E-state index in [0.29, 0.717) is 47.8 Å². The quantitative estimate of drug-likeness (QED) is 0.362. The Morgan fingerprint density at radius 1 is 1.25 bits per heavy atom. The van der Waals surface area contributed by atoms with E-state index < -0.39 is 6.10 Å². The van der Waals surface area contributed by atoms with E-state index in [2.05, 4.69) is 20.1 Å². The molecule has 4 aromatic heterocycles. The Balaban J connectivity index is 1.54. The Morgan fingerprint density at radius 3 is 2.67 bits per heavy atom. The molecule has 0 bridgehead atoms. The lowest BCUT2D eigenvalue weighted by molar-refractivity contribution is -0.142. The minimum Gasteiger partial charge on any atom is -0.384 e. The molecule has 0 saturated carbocycles. The molecular weight excluding hydrogens is 460 g/mol. The van der Waals surface area contributed by atoms with Crippen molar-refractivity contribution in [3.8, 4) is 22.6 Å². The van der Waals surface area contributed by atoms with Gasteiger partial charge >= 0.3 is 0 Å². The molecule has 0 spiro atoms. The monoisotopic (exact) mass is 488 g/mol. The highest BCUT2D eigenvalue weighted by Gasteiger charge is 2.34. The predicted molar refractivity (Wildman–Crippen MR) is 133 cm³/mol. The second-order valence-corrected chi connectivity index (χ2v) is 9.25. The highest BCUT2D eigenvalue weighted by Crippen LogP contribution is 2.36. The van der Waals surface area contributed by atoms with Gasteiger partial charge in [0, 0.05) is 48.2 Å². The summed E-state index contributed by atoms with van der Waals surface area (Å²) in [6, 6.07) is 3.66. The molecule has 1 aliphatic rings. The number of anilines is 1. The average molecular weight is 489 g/mol. The second-order valence-electron chi connectivity index (χ2n) is 9.25. The molecule has 3 atom stereocenters. The summed E-state index contributed by atoms with van der Waals surface area (Å²) in [5.74, 6) is 0.356. The van der Waals surface area contributed by atoms with Crippen LogP contribution in [-0.2, 0) is 4.79 Å². The smallest absolute Gasteiger partial charge is 0.251 e. The number of aliphatic hydroxyl groups is 1. The summed E-state index contributed by atoms with van der Waals surface area (Å²) >= 11 is 0. The van der Waals surface area contributed by atoms with Crippen molar-refractivity contribution in [1.29, 1.82) is 0 Å². The topological polar surface area (TPSA) is 155 Å². The van der Waals surface area contributed by atoms with Gasteiger partial charge in [-0.1, -0.05) is 6.07 Å². The molecule has 0 aliphatic carbocycles. The summed E-state index contributed by atoms with van der Waals surface area (Å²) < 4.78 is 1.49. The van der Waals surface area contributed by atoms with Gasteiger partial charge in [0.15, 0.2) is 17.3 Å². The van der Waals surface area contributed by atoms with Gasteiger partial charge < -0.3 is 20.7 Å². The number of piperidine rings is 1. The number of carbonyl (C=O) groups is 2. The van der Waals surface area contributed by atoms with Crippen molar-refractivity contribution in [1.82, 2.24) is 34.4 Å². The van der Waals surface area contributed by atoms with Crippen LogP contribution in [0.1, 0.15) is 55.6 Å². The maximum Gasteiger partial charge on any atom is 0.251 e. The van der Waals surface area contributed by atoms with Gasteiger partial charge in [-0.2, -0.15) is 9.61 Å². The number of nitrogens with zero attached hydrogens (tertiary/aromatic N) is 6. The fourth-order valence-corrected chi connectivity index (χ4v) is 4.98. The number of nitrogens with two attached hydrogens (primary N) is 1. The number of imidazole rings is 1. The highest BCUT2D eigenvalue weighted by atomic mass is 16.3. The zero-order valence-corrected chi connectivity index (χ0v) is 20.3. The van der Waals surface area contributed by atoms with E-state index in [9.17, 15) is 14.7 Å². The summed E-state index contributed by atoms with van der Waals surface area (Å²) in [4.78, 5) is 43.4. The third kappa shape index (κ3) is 4.01. The molecule has 5 heterocycles. The van der Waals surface area contributed by atoms with Crippen molar-refractivity contribution in [2.75, 3.05) is 12.3 Å². The van der Waals surface area contributed by atoms with Crippen LogP contribution in [0.4, 0.5) is 5.82 Å². The fourth-order valence-electron chi connectivity index (χ4n) is 4.98. The Morgan fingerprint density at radius 2 is 2.06 bits per heavy atom. The normalized spacial score (nSPS) is 18.9. The van der Waals surface area contributed by atoms with Gasteiger partial charge in [0.05, 0.1) is 17.5 Å². The first-order chi connectivity index (χ1) is 17.3. The zero-order valence-electron chi connectivity index (χ0n) is 20.3. The van der Waals surface area contributed by atoms with Gasteiger partial charge in [-0.15, -0.1) is 0 Å². The summed E-state index contributed by atoms with van der Waals surface area (Å²) in [5.41, 5.74) is 10.2. The van der Waals surface area contributed by atoms with Crippen molar-refractivity contribution in [2.45, 2.75) is 51.7 Å². The minimum atomic E-state index is -1.05. The van der Waals surface area contributed by atoms with Crippen LogP contribution < -0.4 is 5.73 Å². The first-order valence-electron chi connectivity index (χ1n) is 11.9. The molecule has 1 saturated heterocycles. The number of Topliss-reactive ketones (excluding diaryl/α,β-unsaturated/α-hetero) is 1. The van der Waals surface area contributed by atoms with Gasteiger partial charge in [-0.3, -0.25) is 14.6 Å². The number of nitrogen functional groups attached to an aromatic ring is 1. The fraction of sp³-hybridized carbons (Fsp3) is 0.360. The third-order valence-corrected chi connectivity index (χ3v) is 6.78. The summed E-state index contributed by atoms with van der Waals surface area (Å²) in [5, 5.41) is 14.2.